The summed E-state index contributed by atoms with van der Waals surface area (Å²) in [6.07, 6.45) is 1.37. The highest BCUT2D eigenvalue weighted by Gasteiger charge is 2.40. The van der Waals surface area contributed by atoms with Crippen LogP contribution in [-0.2, 0) is 11.3 Å². The van der Waals surface area contributed by atoms with Gasteiger partial charge in [-0.25, -0.2) is 18.3 Å². The summed E-state index contributed by atoms with van der Waals surface area (Å²) < 4.78 is 35.1. The van der Waals surface area contributed by atoms with Gasteiger partial charge in [0, 0.05) is 36.0 Å². The molecule has 188 valence electrons. The molecule has 2 atom stereocenters. The Bertz CT molecular complexity index is 1400. The third kappa shape index (κ3) is 3.60. The highest BCUT2D eigenvalue weighted by Crippen LogP contribution is 2.37. The monoisotopic (exact) mass is 496 g/mol. The first-order valence-corrected chi connectivity index (χ1v) is 11.9. The lowest BCUT2D eigenvalue weighted by Gasteiger charge is -2.31. The van der Waals surface area contributed by atoms with Crippen LogP contribution in [0.4, 0.5) is 20.3 Å². The number of nitrogens with zero attached hydrogens (tertiary/aromatic N) is 5. The van der Waals surface area contributed by atoms with E-state index < -0.39 is 23.4 Å². The number of alkyl halides is 2. The molecule has 6 rings (SSSR count). The van der Waals surface area contributed by atoms with Crippen LogP contribution in [0.2, 0.25) is 0 Å². The number of anilines is 2. The van der Waals surface area contributed by atoms with Crippen LogP contribution in [0.25, 0.3) is 5.65 Å². The second-order valence-corrected chi connectivity index (χ2v) is 10.5. The molecule has 11 heteroatoms. The molecular formula is C25H26F2N6O3. The van der Waals surface area contributed by atoms with Gasteiger partial charge in [-0.05, 0) is 51.0 Å². The van der Waals surface area contributed by atoms with Gasteiger partial charge >= 0.3 is 0 Å². The number of carbonyl (C=O) groups excluding carboxylic acids is 2. The maximum atomic E-state index is 14.0. The van der Waals surface area contributed by atoms with E-state index >= 15 is 0 Å². The molecule has 2 bridgehead atoms. The maximum absolute atomic E-state index is 14.0. The van der Waals surface area contributed by atoms with Crippen LogP contribution in [-0.4, -0.2) is 62.1 Å². The van der Waals surface area contributed by atoms with E-state index in [9.17, 15) is 18.4 Å². The molecule has 0 radical (unpaired) electrons. The summed E-state index contributed by atoms with van der Waals surface area (Å²) >= 11 is 0. The van der Waals surface area contributed by atoms with Gasteiger partial charge < -0.3 is 19.9 Å². The van der Waals surface area contributed by atoms with Gasteiger partial charge in [-0.1, -0.05) is 0 Å². The van der Waals surface area contributed by atoms with Crippen LogP contribution in [0.3, 0.4) is 0 Å². The first-order valence-electron chi connectivity index (χ1n) is 11.9. The molecule has 3 aliphatic rings. The molecule has 2 aromatic heterocycles. The second kappa shape index (κ2) is 7.95. The van der Waals surface area contributed by atoms with E-state index in [4.69, 9.17) is 4.74 Å². The van der Waals surface area contributed by atoms with Gasteiger partial charge in [0.05, 0.1) is 30.6 Å². The summed E-state index contributed by atoms with van der Waals surface area (Å²) in [4.78, 5) is 34.6. The molecule has 1 aromatic carbocycles. The largest absolute Gasteiger partial charge is 0.374 e. The van der Waals surface area contributed by atoms with Gasteiger partial charge in [-0.15, -0.1) is 0 Å². The van der Waals surface area contributed by atoms with Crippen molar-refractivity contribution in [3.63, 3.8) is 0 Å². The average Bonchev–Trinajstić information content (AvgIpc) is 3.60. The Balaban J connectivity index is 1.32. The molecule has 36 heavy (non-hydrogen) atoms. The van der Waals surface area contributed by atoms with Crippen molar-refractivity contribution < 1.29 is 23.1 Å². The van der Waals surface area contributed by atoms with E-state index in [0.29, 0.717) is 17.8 Å². The number of nitrogens with one attached hydrogen (secondary N) is 1. The molecule has 0 aliphatic carbocycles. The predicted molar refractivity (Wildman–Crippen MR) is 127 cm³/mol. The third-order valence-electron chi connectivity index (χ3n) is 7.17. The molecule has 1 N–H and O–H groups in total. The fourth-order valence-corrected chi connectivity index (χ4v) is 5.26. The average molecular weight is 497 g/mol. The topological polar surface area (TPSA) is 92.1 Å². The van der Waals surface area contributed by atoms with Crippen LogP contribution in [0.1, 0.15) is 65.5 Å². The van der Waals surface area contributed by atoms with E-state index in [1.165, 1.54) is 22.8 Å². The minimum atomic E-state index is -2.87. The Morgan fingerprint density at radius 1 is 1.28 bits per heavy atom. The number of aromatic nitrogens is 3. The number of ether oxygens (including phenoxy) is 1. The predicted octanol–water partition coefficient (Wildman–Crippen LogP) is 3.65. The van der Waals surface area contributed by atoms with Crippen molar-refractivity contribution in [3.8, 4) is 0 Å². The molecule has 3 aromatic rings. The molecule has 2 saturated heterocycles. The third-order valence-corrected chi connectivity index (χ3v) is 7.17. The van der Waals surface area contributed by atoms with Gasteiger partial charge in [0.1, 0.15) is 11.4 Å². The molecule has 9 nitrogen and oxygen atoms in total. The Kier molecular flexibility index (Phi) is 5.05. The van der Waals surface area contributed by atoms with Crippen molar-refractivity contribution in [3.05, 3.63) is 52.8 Å². The second-order valence-electron chi connectivity index (χ2n) is 10.5. The number of hydrogen-bond acceptors (Lipinski definition) is 6. The maximum Gasteiger partial charge on any atom is 0.265 e. The highest BCUT2D eigenvalue weighted by atomic mass is 19.3. The van der Waals surface area contributed by atoms with E-state index in [1.54, 1.807) is 11.1 Å². The molecule has 0 unspecified atom stereocenters. The van der Waals surface area contributed by atoms with E-state index in [2.05, 4.69) is 20.3 Å². The first-order chi connectivity index (χ1) is 17.1. The summed E-state index contributed by atoms with van der Waals surface area (Å²) in [6, 6.07) is 4.76. The standard InChI is InChI=1S/C25H26F2N6O3/c1-25(2,3)32-10-13-6-19(17(21(26)27)8-16(13)24(32)35)29-23(34)18-9-28-33-5-4-20(30-22(18)33)31-11-15-7-14(31)12-36-15/h4-6,8-9,14-15,21H,7,10-12H2,1-3H3,(H,29,34)/t14-,15-/m1/s1. The van der Waals surface area contributed by atoms with E-state index in [0.717, 1.165) is 18.8 Å². The van der Waals surface area contributed by atoms with Gasteiger partial charge in [0.15, 0.2) is 5.65 Å². The van der Waals surface area contributed by atoms with E-state index in [-0.39, 0.29) is 41.4 Å². The van der Waals surface area contributed by atoms with Crippen LogP contribution in [0, 0.1) is 0 Å². The van der Waals surface area contributed by atoms with Gasteiger partial charge in [0.2, 0.25) is 0 Å². The normalized spacial score (nSPS) is 21.2. The number of halogens is 2. The molecule has 2 fully saturated rings. The molecular weight excluding hydrogens is 470 g/mol. The van der Waals surface area contributed by atoms with Gasteiger partial charge in [0.25, 0.3) is 18.2 Å². The Hall–Kier alpha value is -3.60. The lowest BCUT2D eigenvalue weighted by Crippen LogP contribution is -2.41. The zero-order valence-corrected chi connectivity index (χ0v) is 20.2. The van der Waals surface area contributed by atoms with Gasteiger partial charge in [-0.3, -0.25) is 9.59 Å². The summed E-state index contributed by atoms with van der Waals surface area (Å²) in [7, 11) is 0. The number of morpholine rings is 1. The van der Waals surface area contributed by atoms with Crippen LogP contribution < -0.4 is 10.2 Å². The minimum Gasteiger partial charge on any atom is -0.374 e. The zero-order chi connectivity index (χ0) is 25.4. The number of fused-ring (bicyclic) bond motifs is 4. The van der Waals surface area contributed by atoms with Crippen molar-refractivity contribution in [2.24, 2.45) is 0 Å². The van der Waals surface area contributed by atoms with Crippen molar-refractivity contribution >= 4 is 29.0 Å². The molecule has 0 saturated carbocycles. The van der Waals surface area contributed by atoms with Crippen molar-refractivity contribution in [1.82, 2.24) is 19.5 Å². The van der Waals surface area contributed by atoms with Crippen LogP contribution in [0.5, 0.6) is 0 Å². The molecule has 2 amide bonds. The lowest BCUT2D eigenvalue weighted by atomic mass is 10.0. The first kappa shape index (κ1) is 22.8. The SMILES string of the molecule is CC(C)(C)N1Cc2cc(NC(=O)c3cnn4ccc(N5C[C@H]6C[C@@H]5CO6)nc34)c(C(F)F)cc2C1=O. The summed E-state index contributed by atoms with van der Waals surface area (Å²) in [5.41, 5.74) is 0.455. The summed E-state index contributed by atoms with van der Waals surface area (Å²) in [5, 5.41) is 6.83. The molecule has 5 heterocycles. The Labute approximate surface area is 206 Å². The molecule has 0 spiro atoms. The number of hydrogen-bond donors (Lipinski definition) is 1. The molecule has 3 aliphatic heterocycles. The summed E-state index contributed by atoms with van der Waals surface area (Å²) in [6.45, 7) is 7.34. The van der Waals surface area contributed by atoms with Crippen LogP contribution in [0.15, 0.2) is 30.6 Å². The Morgan fingerprint density at radius 2 is 2.08 bits per heavy atom. The van der Waals surface area contributed by atoms with E-state index in [1.807, 2.05) is 26.8 Å². The van der Waals surface area contributed by atoms with Crippen molar-refractivity contribution in [2.45, 2.75) is 57.8 Å². The minimum absolute atomic E-state index is 0.0261. The summed E-state index contributed by atoms with van der Waals surface area (Å²) in [5.74, 6) is -0.170. The number of amides is 2. The van der Waals surface area contributed by atoms with Crippen LogP contribution >= 0.6 is 0 Å². The van der Waals surface area contributed by atoms with Crippen molar-refractivity contribution in [2.75, 3.05) is 23.4 Å². The number of benzene rings is 1. The fourth-order valence-electron chi connectivity index (χ4n) is 5.26. The fraction of sp³-hybridized carbons (Fsp3) is 0.440. The smallest absolute Gasteiger partial charge is 0.265 e. The number of carbonyl (C=O) groups is 2. The lowest BCUT2D eigenvalue weighted by molar-refractivity contribution is 0.0609. The number of rotatable bonds is 4. The quantitative estimate of drug-likeness (QED) is 0.593. The van der Waals surface area contributed by atoms with Crippen molar-refractivity contribution in [1.29, 1.82) is 0 Å². The highest BCUT2D eigenvalue weighted by molar-refractivity contribution is 6.09. The zero-order valence-electron chi connectivity index (χ0n) is 20.2. The Morgan fingerprint density at radius 3 is 2.75 bits per heavy atom. The van der Waals surface area contributed by atoms with Gasteiger partial charge in [-0.2, -0.15) is 5.10 Å².